The van der Waals surface area contributed by atoms with Gasteiger partial charge in [0.1, 0.15) is 11.8 Å². The number of esters is 1. The van der Waals surface area contributed by atoms with Gasteiger partial charge in [-0.1, -0.05) is 6.92 Å². The Morgan fingerprint density at radius 2 is 1.84 bits per heavy atom. The molecule has 0 bridgehead atoms. The summed E-state index contributed by atoms with van der Waals surface area (Å²) in [4.78, 5) is 32.5. The van der Waals surface area contributed by atoms with Gasteiger partial charge in [-0.15, -0.1) is 37.6 Å². The number of alkyl halides is 1. The summed E-state index contributed by atoms with van der Waals surface area (Å²) in [5.74, 6) is 0.0679. The van der Waals surface area contributed by atoms with Crippen molar-refractivity contribution in [3.05, 3.63) is 25.8 Å². The maximum absolute atomic E-state index is 11.5. The molecule has 2 aromatic heterocycles. The largest absolute Gasteiger partial charge is 0.472 e. The van der Waals surface area contributed by atoms with Gasteiger partial charge in [0.2, 0.25) is 0 Å². The number of nitrogens with zero attached hydrogens (tertiary/aromatic N) is 4. The number of aromatic nitrogens is 4. The lowest BCUT2D eigenvalue weighted by Crippen LogP contribution is -2.16. The first-order chi connectivity index (χ1) is 17.6. The van der Waals surface area contributed by atoms with Crippen molar-refractivity contribution < 1.29 is 32.8 Å². The minimum atomic E-state index is -4.09. The normalized spacial score (nSPS) is 12.1. The van der Waals surface area contributed by atoms with Crippen molar-refractivity contribution in [2.75, 3.05) is 32.4 Å². The smallest absolute Gasteiger partial charge is 0.463 e. The van der Waals surface area contributed by atoms with Crippen LogP contribution in [0.5, 0.6) is 0 Å². The van der Waals surface area contributed by atoms with Crippen molar-refractivity contribution in [1.82, 2.24) is 19.5 Å². The highest BCUT2D eigenvalue weighted by atomic mass is 35.5. The van der Waals surface area contributed by atoms with Crippen LogP contribution in [-0.2, 0) is 34.9 Å². The van der Waals surface area contributed by atoms with Crippen LogP contribution in [0.25, 0.3) is 11.2 Å². The van der Waals surface area contributed by atoms with E-state index in [4.69, 9.17) is 24.3 Å². The molecule has 0 aromatic carbocycles. The molecule has 0 spiro atoms. The van der Waals surface area contributed by atoms with Crippen molar-refractivity contribution in [2.45, 2.75) is 52.2 Å². The predicted molar refractivity (Wildman–Crippen MR) is 147 cm³/mol. The van der Waals surface area contributed by atoms with Crippen LogP contribution < -0.4 is 5.73 Å². The Morgan fingerprint density at radius 3 is 2.32 bits per heavy atom. The highest BCUT2D eigenvalue weighted by molar-refractivity contribution is 7.47. The molecule has 2 atom stereocenters. The number of rotatable bonds is 11. The number of imidazole rings is 1. The molecule has 14 heteroatoms. The number of hydrogen-bond donors (Lipinski definition) is 2. The quantitative estimate of drug-likeness (QED) is 0.101. The maximum Gasteiger partial charge on any atom is 0.472 e. The Hall–Kier alpha value is -2.52. The number of ether oxygens (including phenoxy) is 2. The molecule has 0 saturated heterocycles. The third-order valence-electron chi connectivity index (χ3n) is 3.88. The molecule has 12 nitrogen and oxygen atoms in total. The fraction of sp³-hybridized carbons (Fsp3) is 0.565. The summed E-state index contributed by atoms with van der Waals surface area (Å²) in [6, 6.07) is 0. The fourth-order valence-corrected chi connectivity index (χ4v) is 3.04. The SMILES string of the molecule is C#C.C=C.CC[C@@H](COP(=O)(O)OCCCC(=O)OC(C)C)OC.CCl.Cn1cnc2c(N)ncnc21. The summed E-state index contributed by atoms with van der Waals surface area (Å²) >= 11 is 4.64. The minimum absolute atomic E-state index is 0.0177. The van der Waals surface area contributed by atoms with Crippen molar-refractivity contribution in [1.29, 1.82) is 0 Å². The second-order valence-electron chi connectivity index (χ2n) is 6.79. The molecule has 2 aromatic rings. The Labute approximate surface area is 225 Å². The van der Waals surface area contributed by atoms with Crippen LogP contribution >= 0.6 is 19.4 Å². The van der Waals surface area contributed by atoms with E-state index in [1.165, 1.54) is 19.8 Å². The number of halogens is 1. The van der Waals surface area contributed by atoms with Gasteiger partial charge in [0.25, 0.3) is 0 Å². The molecule has 0 aliphatic rings. The van der Waals surface area contributed by atoms with E-state index in [9.17, 15) is 14.3 Å². The van der Waals surface area contributed by atoms with E-state index in [0.717, 1.165) is 5.65 Å². The van der Waals surface area contributed by atoms with Gasteiger partial charge >= 0.3 is 13.8 Å². The number of nitrogen functional groups attached to an aromatic ring is 1. The number of hydrogen-bond acceptors (Lipinski definition) is 10. The lowest BCUT2D eigenvalue weighted by molar-refractivity contribution is -0.147. The summed E-state index contributed by atoms with van der Waals surface area (Å²) in [5.41, 5.74) is 6.97. The molecule has 0 radical (unpaired) electrons. The number of methoxy groups -OCH3 is 1. The molecule has 0 amide bonds. The summed E-state index contributed by atoms with van der Waals surface area (Å²) in [5, 5.41) is 0. The second-order valence-corrected chi connectivity index (χ2v) is 8.25. The van der Waals surface area contributed by atoms with E-state index in [2.05, 4.69) is 52.6 Å². The van der Waals surface area contributed by atoms with Crippen molar-refractivity contribution in [3.8, 4) is 12.8 Å². The van der Waals surface area contributed by atoms with Gasteiger partial charge in [0, 0.05) is 27.0 Å². The molecule has 1 unspecified atom stereocenters. The summed E-state index contributed by atoms with van der Waals surface area (Å²) in [6.07, 6.45) is 13.2. The van der Waals surface area contributed by atoms with Gasteiger partial charge in [-0.3, -0.25) is 13.8 Å². The van der Waals surface area contributed by atoms with Crippen LogP contribution in [0.15, 0.2) is 25.8 Å². The molecule has 212 valence electrons. The molecule has 0 aliphatic carbocycles. The zero-order chi connectivity index (χ0) is 29.4. The number of phosphoric ester groups is 1. The Morgan fingerprint density at radius 1 is 1.24 bits per heavy atom. The predicted octanol–water partition coefficient (Wildman–Crippen LogP) is 4.13. The van der Waals surface area contributed by atoms with E-state index >= 15 is 0 Å². The number of fused-ring (bicyclic) bond motifs is 1. The van der Waals surface area contributed by atoms with Gasteiger partial charge in [0.15, 0.2) is 11.5 Å². The van der Waals surface area contributed by atoms with Gasteiger partial charge in [-0.05, 0) is 26.7 Å². The Kier molecular flexibility index (Phi) is 25.1. The van der Waals surface area contributed by atoms with Gasteiger partial charge < -0.3 is 24.7 Å². The molecular weight excluding hydrogens is 525 g/mol. The molecular formula is C23H41ClN5O7P. The fourth-order valence-electron chi connectivity index (χ4n) is 2.25. The summed E-state index contributed by atoms with van der Waals surface area (Å²) < 4.78 is 32.8. The van der Waals surface area contributed by atoms with Gasteiger partial charge in [-0.2, -0.15) is 0 Å². The van der Waals surface area contributed by atoms with Crippen molar-refractivity contribution in [3.63, 3.8) is 0 Å². The molecule has 2 rings (SSSR count). The average Bonchev–Trinajstić information content (AvgIpc) is 3.28. The van der Waals surface area contributed by atoms with Crippen molar-refractivity contribution >= 4 is 42.4 Å². The van der Waals surface area contributed by atoms with Crippen LogP contribution in [0.4, 0.5) is 5.82 Å². The summed E-state index contributed by atoms with van der Waals surface area (Å²) in [6.45, 7) is 11.3. The number of terminal acetylenes is 1. The zero-order valence-electron chi connectivity index (χ0n) is 22.5. The molecule has 0 saturated carbocycles. The minimum Gasteiger partial charge on any atom is -0.463 e. The van der Waals surface area contributed by atoms with E-state index < -0.39 is 7.82 Å². The van der Waals surface area contributed by atoms with Gasteiger partial charge in [-0.25, -0.2) is 19.5 Å². The number of anilines is 1. The van der Waals surface area contributed by atoms with Crippen LogP contribution in [-0.4, -0.2) is 69.3 Å². The van der Waals surface area contributed by atoms with Crippen LogP contribution in [0.3, 0.4) is 0 Å². The first-order valence-corrected chi connectivity index (χ1v) is 13.3. The first kappa shape index (κ1) is 39.0. The third kappa shape index (κ3) is 18.4. The standard InChI is InChI=1S/C12H25O7P.C6H7N5.C2H4.C2H2.CH3Cl/c1-5-11(16-4)9-18-20(14,15)17-8-6-7-12(13)19-10(2)3;1-11-3-10-4-5(7)8-2-9-6(4)11;3*1-2/h10-11H,5-9H2,1-4H3,(H,14,15);2-3H,1H3,(H2,7,8,9);1-2H2;1-2H;1H3/t11-;;;;/m0..../s1. The number of nitrogens with two attached hydrogens (primary N) is 1. The lowest BCUT2D eigenvalue weighted by Gasteiger charge is -2.16. The van der Waals surface area contributed by atoms with Crippen molar-refractivity contribution in [2.24, 2.45) is 7.05 Å². The first-order valence-electron chi connectivity index (χ1n) is 11.0. The van der Waals surface area contributed by atoms with E-state index in [1.54, 1.807) is 24.7 Å². The average molecular weight is 566 g/mol. The molecule has 2 heterocycles. The third-order valence-corrected chi connectivity index (χ3v) is 4.87. The van der Waals surface area contributed by atoms with E-state index in [1.807, 2.05) is 14.0 Å². The number of carbonyl (C=O) groups excluding carboxylic acids is 1. The number of carbonyl (C=O) groups is 1. The monoisotopic (exact) mass is 565 g/mol. The van der Waals surface area contributed by atoms with Crippen LogP contribution in [0.1, 0.15) is 40.0 Å². The number of aryl methyl sites for hydroxylation is 1. The topological polar surface area (TPSA) is 161 Å². The van der Waals surface area contributed by atoms with E-state index in [0.29, 0.717) is 24.2 Å². The van der Waals surface area contributed by atoms with Gasteiger partial charge in [0.05, 0.1) is 31.7 Å². The molecule has 37 heavy (non-hydrogen) atoms. The highest BCUT2D eigenvalue weighted by Gasteiger charge is 2.22. The second kappa shape index (κ2) is 23.9. The molecule has 0 aliphatic heterocycles. The molecule has 3 N–H and O–H groups in total. The maximum atomic E-state index is 11.5. The lowest BCUT2D eigenvalue weighted by atomic mass is 10.3. The molecule has 0 fully saturated rings. The highest BCUT2D eigenvalue weighted by Crippen LogP contribution is 2.43. The Balaban J connectivity index is -0.000000566. The zero-order valence-corrected chi connectivity index (χ0v) is 24.2. The Bertz CT molecular complexity index is 923. The summed E-state index contributed by atoms with van der Waals surface area (Å²) in [7, 11) is -0.728. The van der Waals surface area contributed by atoms with Crippen LogP contribution in [0, 0.1) is 12.8 Å². The number of phosphoric acid groups is 1. The van der Waals surface area contributed by atoms with E-state index in [-0.39, 0.29) is 37.8 Å². The van der Waals surface area contributed by atoms with Crippen LogP contribution in [0.2, 0.25) is 0 Å².